The van der Waals surface area contributed by atoms with Crippen molar-refractivity contribution >= 4 is 24.1 Å². The Morgan fingerprint density at radius 3 is 2.52 bits per heavy atom. The zero-order valence-corrected chi connectivity index (χ0v) is 15.0. The van der Waals surface area contributed by atoms with E-state index in [9.17, 15) is 19.5 Å². The van der Waals surface area contributed by atoms with Crippen molar-refractivity contribution in [2.45, 2.75) is 39.5 Å². The lowest BCUT2D eigenvalue weighted by Crippen LogP contribution is -2.37. The Kier molecular flexibility index (Phi) is 7.38. The molecule has 0 aliphatic heterocycles. The number of benzene rings is 1. The van der Waals surface area contributed by atoms with E-state index >= 15 is 0 Å². The molecule has 3 N–H and O–H groups in total. The lowest BCUT2D eigenvalue weighted by atomic mass is 10.1. The van der Waals surface area contributed by atoms with Crippen molar-refractivity contribution in [3.63, 3.8) is 0 Å². The molecule has 1 rings (SSSR count). The molecule has 0 fully saturated rings. The zero-order chi connectivity index (χ0) is 19.0. The molecule has 1 aromatic carbocycles. The lowest BCUT2D eigenvalue weighted by Gasteiger charge is -2.19. The molecule has 1 aromatic rings. The van der Waals surface area contributed by atoms with E-state index in [1.54, 1.807) is 46.0 Å². The van der Waals surface area contributed by atoms with Crippen LogP contribution in [-0.2, 0) is 27.5 Å². The molecule has 0 saturated carbocycles. The number of hydrogen-bond donors (Lipinski definition) is 3. The fourth-order valence-electron chi connectivity index (χ4n) is 1.98. The van der Waals surface area contributed by atoms with Crippen LogP contribution in [0.25, 0.3) is 0 Å². The van der Waals surface area contributed by atoms with Gasteiger partial charge in [0.15, 0.2) is 0 Å². The number of nitrogens with zero attached hydrogens (tertiary/aromatic N) is 1. The molecule has 25 heavy (non-hydrogen) atoms. The van der Waals surface area contributed by atoms with Gasteiger partial charge >= 0.3 is 6.09 Å². The standard InChI is InChI=1S/C17H25N3O5/c1-17(2,3)25-16(24)18-8-15(23)19-14-6-5-12(10-21)13(7-14)9-20(4)11-22/h5-7,11,21H,8-10H2,1-4H3,(H,18,24)(H,19,23). The van der Waals surface area contributed by atoms with Crippen LogP contribution in [0.15, 0.2) is 18.2 Å². The summed E-state index contributed by atoms with van der Waals surface area (Å²) < 4.78 is 5.05. The number of anilines is 1. The molecule has 0 heterocycles. The van der Waals surface area contributed by atoms with Gasteiger partial charge < -0.3 is 25.4 Å². The van der Waals surface area contributed by atoms with Crippen LogP contribution in [-0.4, -0.2) is 47.6 Å². The molecule has 0 bridgehead atoms. The van der Waals surface area contributed by atoms with Crippen molar-refractivity contribution in [3.8, 4) is 0 Å². The second-order valence-corrected chi connectivity index (χ2v) is 6.57. The Morgan fingerprint density at radius 1 is 1.28 bits per heavy atom. The molecular formula is C17H25N3O5. The Balaban J connectivity index is 2.66. The molecule has 0 atom stereocenters. The van der Waals surface area contributed by atoms with Gasteiger partial charge in [0.2, 0.25) is 12.3 Å². The molecule has 0 unspecified atom stereocenters. The minimum atomic E-state index is -0.674. The molecule has 3 amide bonds. The number of alkyl carbamates (subject to hydrolysis) is 1. The van der Waals surface area contributed by atoms with Gasteiger partial charge in [-0.15, -0.1) is 0 Å². The number of carbonyl (C=O) groups excluding carboxylic acids is 3. The number of aliphatic hydroxyl groups is 1. The Morgan fingerprint density at radius 2 is 1.96 bits per heavy atom. The van der Waals surface area contributed by atoms with Crippen LogP contribution in [0.2, 0.25) is 0 Å². The number of ether oxygens (including phenoxy) is 1. The lowest BCUT2D eigenvalue weighted by molar-refractivity contribution is -0.117. The first-order valence-electron chi connectivity index (χ1n) is 7.79. The second-order valence-electron chi connectivity index (χ2n) is 6.57. The number of carbonyl (C=O) groups is 3. The van der Waals surface area contributed by atoms with Gasteiger partial charge in [-0.3, -0.25) is 9.59 Å². The van der Waals surface area contributed by atoms with Gasteiger partial charge in [-0.05, 0) is 44.0 Å². The van der Waals surface area contributed by atoms with E-state index < -0.39 is 17.6 Å². The maximum atomic E-state index is 11.9. The van der Waals surface area contributed by atoms with Crippen LogP contribution in [0.1, 0.15) is 31.9 Å². The molecule has 8 heteroatoms. The summed E-state index contributed by atoms with van der Waals surface area (Å²) in [6.45, 7) is 5.09. The number of nitrogens with one attached hydrogen (secondary N) is 2. The van der Waals surface area contributed by atoms with E-state index in [-0.39, 0.29) is 13.2 Å². The third-order valence-electron chi connectivity index (χ3n) is 3.05. The van der Waals surface area contributed by atoms with Gasteiger partial charge in [-0.25, -0.2) is 4.79 Å². The third kappa shape index (κ3) is 7.67. The SMILES string of the molecule is CN(C=O)Cc1cc(NC(=O)CNC(=O)OC(C)(C)C)ccc1CO. The van der Waals surface area contributed by atoms with E-state index in [1.807, 2.05) is 0 Å². The number of hydrogen-bond acceptors (Lipinski definition) is 5. The van der Waals surface area contributed by atoms with E-state index in [0.29, 0.717) is 24.2 Å². The summed E-state index contributed by atoms with van der Waals surface area (Å²) in [7, 11) is 1.62. The Labute approximate surface area is 147 Å². The molecule has 0 aliphatic rings. The predicted octanol–water partition coefficient (Wildman–Crippen LogP) is 1.23. The zero-order valence-electron chi connectivity index (χ0n) is 15.0. The summed E-state index contributed by atoms with van der Waals surface area (Å²) in [5.41, 5.74) is 1.25. The van der Waals surface area contributed by atoms with E-state index in [1.165, 1.54) is 4.90 Å². The van der Waals surface area contributed by atoms with Crippen LogP contribution < -0.4 is 10.6 Å². The second kappa shape index (κ2) is 9.03. The smallest absolute Gasteiger partial charge is 0.408 e. The Bertz CT molecular complexity index is 625. The topological polar surface area (TPSA) is 108 Å². The van der Waals surface area contributed by atoms with Crippen LogP contribution in [0.4, 0.5) is 10.5 Å². The third-order valence-corrected chi connectivity index (χ3v) is 3.05. The minimum absolute atomic E-state index is 0.170. The molecule has 0 saturated heterocycles. The average molecular weight is 351 g/mol. The fourth-order valence-corrected chi connectivity index (χ4v) is 1.98. The van der Waals surface area contributed by atoms with Crippen LogP contribution in [0, 0.1) is 0 Å². The van der Waals surface area contributed by atoms with E-state index in [0.717, 1.165) is 5.56 Å². The van der Waals surface area contributed by atoms with Gasteiger partial charge in [-0.1, -0.05) is 6.07 Å². The van der Waals surface area contributed by atoms with Crippen molar-refractivity contribution in [1.82, 2.24) is 10.2 Å². The molecule has 0 aliphatic carbocycles. The van der Waals surface area contributed by atoms with Crippen LogP contribution >= 0.6 is 0 Å². The minimum Gasteiger partial charge on any atom is -0.444 e. The summed E-state index contributed by atoms with van der Waals surface area (Å²) >= 11 is 0. The van der Waals surface area contributed by atoms with Gasteiger partial charge in [0.05, 0.1) is 6.61 Å². The highest BCUT2D eigenvalue weighted by molar-refractivity contribution is 5.94. The first-order valence-corrected chi connectivity index (χ1v) is 7.79. The maximum Gasteiger partial charge on any atom is 0.408 e. The number of aliphatic hydroxyl groups excluding tert-OH is 1. The van der Waals surface area contributed by atoms with Crippen molar-refractivity contribution in [3.05, 3.63) is 29.3 Å². The molecular weight excluding hydrogens is 326 g/mol. The molecule has 0 radical (unpaired) electrons. The van der Waals surface area contributed by atoms with Crippen LogP contribution in [0.5, 0.6) is 0 Å². The highest BCUT2D eigenvalue weighted by Crippen LogP contribution is 2.17. The highest BCUT2D eigenvalue weighted by atomic mass is 16.6. The molecule has 138 valence electrons. The first kappa shape index (κ1) is 20.4. The quantitative estimate of drug-likeness (QED) is 0.640. The predicted molar refractivity (Wildman–Crippen MR) is 92.8 cm³/mol. The summed E-state index contributed by atoms with van der Waals surface area (Å²) in [6.07, 6.45) is 0.00327. The van der Waals surface area contributed by atoms with Crippen LogP contribution in [0.3, 0.4) is 0 Å². The van der Waals surface area contributed by atoms with E-state index in [2.05, 4.69) is 10.6 Å². The first-order chi connectivity index (χ1) is 11.6. The van der Waals surface area contributed by atoms with Gasteiger partial charge in [0.25, 0.3) is 0 Å². The Hall–Kier alpha value is -2.61. The summed E-state index contributed by atoms with van der Waals surface area (Å²) in [5.74, 6) is -0.419. The van der Waals surface area contributed by atoms with E-state index in [4.69, 9.17) is 4.74 Å². The van der Waals surface area contributed by atoms with Crippen molar-refractivity contribution in [2.75, 3.05) is 18.9 Å². The normalized spacial score (nSPS) is 10.8. The molecule has 8 nitrogen and oxygen atoms in total. The summed E-state index contributed by atoms with van der Waals surface area (Å²) in [5, 5.41) is 14.4. The maximum absolute atomic E-state index is 11.9. The summed E-state index contributed by atoms with van der Waals surface area (Å²) in [6, 6.07) is 4.99. The van der Waals surface area contributed by atoms with Gasteiger partial charge in [0, 0.05) is 19.3 Å². The molecule has 0 aromatic heterocycles. The average Bonchev–Trinajstić information content (AvgIpc) is 2.51. The monoisotopic (exact) mass is 351 g/mol. The number of rotatable bonds is 7. The van der Waals surface area contributed by atoms with Crippen molar-refractivity contribution in [2.24, 2.45) is 0 Å². The van der Waals surface area contributed by atoms with Gasteiger partial charge in [-0.2, -0.15) is 0 Å². The van der Waals surface area contributed by atoms with Crippen molar-refractivity contribution in [1.29, 1.82) is 0 Å². The van der Waals surface area contributed by atoms with Crippen molar-refractivity contribution < 1.29 is 24.2 Å². The largest absolute Gasteiger partial charge is 0.444 e. The van der Waals surface area contributed by atoms with Gasteiger partial charge in [0.1, 0.15) is 12.1 Å². The highest BCUT2D eigenvalue weighted by Gasteiger charge is 2.16. The summed E-state index contributed by atoms with van der Waals surface area (Å²) in [4.78, 5) is 35.6. The number of amides is 3. The molecule has 0 spiro atoms. The fraction of sp³-hybridized carbons (Fsp3) is 0.471.